The van der Waals surface area contributed by atoms with Gasteiger partial charge >= 0.3 is 0 Å². The van der Waals surface area contributed by atoms with Crippen molar-refractivity contribution >= 4 is 21.8 Å². The number of benzene rings is 7. The molecule has 10 aromatic rings. The lowest BCUT2D eigenvalue weighted by molar-refractivity contribution is -0.598. The summed E-state index contributed by atoms with van der Waals surface area (Å²) in [6, 6.07) is 33.2. The third-order valence-electron chi connectivity index (χ3n) is 10.9. The van der Waals surface area contributed by atoms with Gasteiger partial charge in [-0.3, -0.25) is 13.7 Å². The Kier molecular flexibility index (Phi) is 6.93. The zero-order valence-electron chi connectivity index (χ0n) is 44.1. The molecule has 0 aliphatic rings. The van der Waals surface area contributed by atoms with Gasteiger partial charge in [0.05, 0.1) is 36.1 Å². The van der Waals surface area contributed by atoms with E-state index in [1.54, 1.807) is 41.4 Å². The molecule has 5 heteroatoms. The van der Waals surface area contributed by atoms with Gasteiger partial charge in [-0.25, -0.2) is 4.98 Å². The molecule has 5 nitrogen and oxygen atoms in total. The molecule has 0 spiro atoms. The Morgan fingerprint density at radius 2 is 1.35 bits per heavy atom. The van der Waals surface area contributed by atoms with E-state index in [0.717, 1.165) is 38.5 Å². The predicted molar refractivity (Wildman–Crippen MR) is 244 cm³/mol. The first kappa shape index (κ1) is 26.5. The Morgan fingerprint density at radius 3 is 2.08 bits per heavy atom. The number of hydrogen-bond acceptors (Lipinski definition) is 2. The average Bonchev–Trinajstić information content (AvgIpc) is 4.00. The van der Waals surface area contributed by atoms with E-state index in [4.69, 9.17) is 23.4 Å². The van der Waals surface area contributed by atoms with Crippen LogP contribution in [0.5, 0.6) is 11.5 Å². The first-order valence-electron chi connectivity index (χ1n) is 25.1. The molecule has 0 bridgehead atoms. The van der Waals surface area contributed by atoms with E-state index in [1.807, 2.05) is 93.6 Å². The van der Waals surface area contributed by atoms with Crippen molar-refractivity contribution in [1.82, 2.24) is 14.1 Å². The van der Waals surface area contributed by atoms with Gasteiger partial charge in [0.25, 0.3) is 6.33 Å². The number of para-hydroxylation sites is 1. The standard InChI is InChI=1S/C55H44N4O/c1-38(2)39(3)43-29-30-56-54(34-43)59-52-28-25-44(40-15-7-4-8-16-40)33-51(52)50-27-26-47(36-53(50)59)60-46-22-13-21-45(35-46)57-31-32-58(37-57)55-48(41-17-9-5-10-18-41)23-14-24-49(55)42-19-11-6-12-20-42/h4-36,38-39H,1-3H3/i5D,6D,9D,10D,11D,12D,17D,18D,19D,20D,39D. The number of rotatable bonds is 10. The number of hydrogen-bond donors (Lipinski definition) is 0. The van der Waals surface area contributed by atoms with Gasteiger partial charge in [-0.05, 0) is 105 Å². The summed E-state index contributed by atoms with van der Waals surface area (Å²) in [7, 11) is 0. The van der Waals surface area contributed by atoms with Gasteiger partial charge in [0, 0.05) is 36.8 Å². The molecule has 3 aromatic heterocycles. The monoisotopic (exact) mass is 787 g/mol. The van der Waals surface area contributed by atoms with Gasteiger partial charge < -0.3 is 4.74 Å². The molecule has 0 N–H and O–H groups in total. The van der Waals surface area contributed by atoms with Crippen molar-refractivity contribution in [1.29, 1.82) is 0 Å². The Balaban J connectivity index is 1.08. The molecule has 10 rings (SSSR count). The Morgan fingerprint density at radius 1 is 0.633 bits per heavy atom. The third kappa shape index (κ3) is 6.94. The van der Waals surface area contributed by atoms with Crippen LogP contribution in [0.2, 0.25) is 0 Å². The molecule has 1 atom stereocenters. The summed E-state index contributed by atoms with van der Waals surface area (Å²) in [6.45, 7) is 6.01. The molecule has 0 amide bonds. The number of imidazole rings is 1. The van der Waals surface area contributed by atoms with E-state index >= 15 is 0 Å². The van der Waals surface area contributed by atoms with Crippen LogP contribution in [0, 0.1) is 12.2 Å². The van der Waals surface area contributed by atoms with Crippen molar-refractivity contribution in [2.24, 2.45) is 5.92 Å². The highest BCUT2D eigenvalue weighted by Gasteiger charge is 2.19. The SMILES string of the molecule is [2H]c1c([2H])c([2H])c(-c2cccc(-c3c([2H])c([2H])c([2H])c([2H])c3[2H])c2-[n+]2[c-]n(-c3cccc(Oc4ccc5c6cc(-c7ccccc7)ccc6n(-c6cc(C([2H])(C)C(C)C)ccn6)c5c4)c3)cc2)c([2H])c1[2H]. The summed E-state index contributed by atoms with van der Waals surface area (Å²) in [6.07, 6.45) is 8.35. The molecule has 0 aliphatic heterocycles. The van der Waals surface area contributed by atoms with Crippen LogP contribution in [0.1, 0.15) is 47.3 Å². The molecule has 290 valence electrons. The lowest BCUT2D eigenvalue weighted by atomic mass is 9.91. The molecular weight excluding hydrogens is 733 g/mol. The molecule has 3 heterocycles. The predicted octanol–water partition coefficient (Wildman–Crippen LogP) is 13.6. The fourth-order valence-electron chi connectivity index (χ4n) is 7.63. The Labute approximate surface area is 366 Å². The number of ether oxygens (including phenoxy) is 1. The lowest BCUT2D eigenvalue weighted by Gasteiger charge is -2.17. The number of nitrogens with zero attached hydrogens (tertiary/aromatic N) is 4. The number of fused-ring (bicyclic) bond motifs is 3. The molecule has 60 heavy (non-hydrogen) atoms. The van der Waals surface area contributed by atoms with Crippen molar-refractivity contribution in [3.8, 4) is 62.1 Å². The molecule has 0 saturated heterocycles. The highest BCUT2D eigenvalue weighted by molar-refractivity contribution is 6.10. The van der Waals surface area contributed by atoms with Gasteiger partial charge in [0.2, 0.25) is 0 Å². The van der Waals surface area contributed by atoms with E-state index in [1.165, 1.54) is 4.57 Å². The maximum Gasteiger partial charge on any atom is 0.268 e. The summed E-state index contributed by atoms with van der Waals surface area (Å²) in [4.78, 5) is 4.85. The lowest BCUT2D eigenvalue weighted by Crippen LogP contribution is -2.30. The molecule has 0 saturated carbocycles. The highest BCUT2D eigenvalue weighted by Crippen LogP contribution is 2.38. The summed E-state index contributed by atoms with van der Waals surface area (Å²) in [5, 5.41) is 2.01. The average molecular weight is 788 g/mol. The highest BCUT2D eigenvalue weighted by atomic mass is 16.5. The van der Waals surface area contributed by atoms with Gasteiger partial charge in [0.1, 0.15) is 17.3 Å². The molecule has 1 unspecified atom stereocenters. The molecule has 7 aromatic carbocycles. The normalized spacial score (nSPS) is 15.1. The Bertz CT molecular complexity index is 3630. The fourth-order valence-corrected chi connectivity index (χ4v) is 7.63. The first-order valence-corrected chi connectivity index (χ1v) is 19.6. The van der Waals surface area contributed by atoms with Crippen LogP contribution in [0.25, 0.3) is 72.4 Å². The van der Waals surface area contributed by atoms with Crippen LogP contribution in [-0.2, 0) is 0 Å². The van der Waals surface area contributed by atoms with E-state index in [2.05, 4.69) is 41.2 Å². The van der Waals surface area contributed by atoms with Crippen LogP contribution < -0.4 is 9.30 Å². The summed E-state index contributed by atoms with van der Waals surface area (Å²) < 4.78 is 107. The van der Waals surface area contributed by atoms with Gasteiger partial charge in [-0.2, -0.15) is 0 Å². The molecule has 0 fully saturated rings. The molecule has 0 aliphatic carbocycles. The van der Waals surface area contributed by atoms with E-state index in [0.29, 0.717) is 23.0 Å². The molecule has 0 radical (unpaired) electrons. The maximum atomic E-state index is 9.21. The maximum absolute atomic E-state index is 9.21. The van der Waals surface area contributed by atoms with Crippen molar-refractivity contribution in [2.75, 3.05) is 0 Å². The zero-order valence-corrected chi connectivity index (χ0v) is 33.1. The fraction of sp³-hybridized carbons (Fsp3) is 0.0909. The first-order chi connectivity index (χ1) is 34.0. The summed E-state index contributed by atoms with van der Waals surface area (Å²) in [5.74, 6) is 0.912. The van der Waals surface area contributed by atoms with Crippen LogP contribution in [0.4, 0.5) is 0 Å². The second-order valence-corrected chi connectivity index (χ2v) is 14.8. The van der Waals surface area contributed by atoms with Crippen LogP contribution in [-0.4, -0.2) is 14.1 Å². The minimum atomic E-state index is -0.854. The minimum Gasteiger partial charge on any atom is -0.458 e. The number of pyridine rings is 1. The van der Waals surface area contributed by atoms with Crippen LogP contribution in [0.15, 0.2) is 200 Å². The summed E-state index contributed by atoms with van der Waals surface area (Å²) >= 11 is 0. The smallest absolute Gasteiger partial charge is 0.268 e. The zero-order chi connectivity index (χ0) is 50.2. The van der Waals surface area contributed by atoms with Gasteiger partial charge in [0.15, 0.2) is 0 Å². The second-order valence-electron chi connectivity index (χ2n) is 14.8. The van der Waals surface area contributed by atoms with Crippen LogP contribution in [0.3, 0.4) is 0 Å². The van der Waals surface area contributed by atoms with Gasteiger partial charge in [-0.1, -0.05) is 142 Å². The van der Waals surface area contributed by atoms with Crippen molar-refractivity contribution in [2.45, 2.75) is 26.7 Å². The van der Waals surface area contributed by atoms with E-state index < -0.39 is 66.3 Å². The number of aromatic nitrogens is 4. The van der Waals surface area contributed by atoms with E-state index in [9.17, 15) is 1.37 Å². The minimum absolute atomic E-state index is 0.0519. The topological polar surface area (TPSA) is 35.9 Å². The van der Waals surface area contributed by atoms with Crippen molar-refractivity contribution in [3.05, 3.63) is 212 Å². The third-order valence-corrected chi connectivity index (χ3v) is 10.9. The Hall–Kier alpha value is -7.50. The second kappa shape index (κ2) is 15.7. The van der Waals surface area contributed by atoms with Crippen molar-refractivity contribution < 1.29 is 24.4 Å². The van der Waals surface area contributed by atoms with Gasteiger partial charge in [-0.15, -0.1) is 0 Å². The van der Waals surface area contributed by atoms with Crippen molar-refractivity contribution in [3.63, 3.8) is 0 Å². The summed E-state index contributed by atoms with van der Waals surface area (Å²) in [5.41, 5.74) is 5.64. The quantitative estimate of drug-likeness (QED) is 0.102. The molecular formula is C55H44N4O. The largest absolute Gasteiger partial charge is 0.458 e. The van der Waals surface area contributed by atoms with Crippen LogP contribution >= 0.6 is 0 Å². The van der Waals surface area contributed by atoms with E-state index in [-0.39, 0.29) is 33.9 Å².